The van der Waals surface area contributed by atoms with Crippen LogP contribution < -0.4 is 9.80 Å². The Morgan fingerprint density at radius 2 is 1.50 bits per heavy atom. The Kier molecular flexibility index (Phi) is 5.40. The number of aliphatic hydroxyl groups is 1. The van der Waals surface area contributed by atoms with Gasteiger partial charge in [0, 0.05) is 27.0 Å². The normalized spacial score (nSPS) is 23.5. The number of amides is 2. The van der Waals surface area contributed by atoms with Crippen molar-refractivity contribution < 1.29 is 9.90 Å². The average molecular weight is 467 g/mol. The third-order valence-corrected chi connectivity index (χ3v) is 7.16. The van der Waals surface area contributed by atoms with E-state index in [1.54, 1.807) is 41.3 Å². The van der Waals surface area contributed by atoms with E-state index in [0.29, 0.717) is 21.3 Å². The lowest BCUT2D eigenvalue weighted by molar-refractivity contribution is -0.00144. The molecule has 1 aliphatic heterocycles. The minimum absolute atomic E-state index is 0.178. The van der Waals surface area contributed by atoms with Crippen LogP contribution in [-0.4, -0.2) is 17.2 Å². The predicted molar refractivity (Wildman–Crippen MR) is 129 cm³/mol. The van der Waals surface area contributed by atoms with Crippen LogP contribution in [0.1, 0.15) is 30.4 Å². The summed E-state index contributed by atoms with van der Waals surface area (Å²) in [6.45, 7) is 1.99. The summed E-state index contributed by atoms with van der Waals surface area (Å²) in [6.07, 6.45) is 3.02. The first-order valence-corrected chi connectivity index (χ1v) is 11.6. The van der Waals surface area contributed by atoms with Gasteiger partial charge in [-0.25, -0.2) is 4.79 Å². The number of rotatable bonds is 4. The van der Waals surface area contributed by atoms with Gasteiger partial charge in [0.05, 0.1) is 6.04 Å². The fourth-order valence-electron chi connectivity index (χ4n) is 4.92. The van der Waals surface area contributed by atoms with Crippen LogP contribution in [0.2, 0.25) is 10.0 Å². The molecule has 2 aliphatic rings. The molecule has 1 saturated heterocycles. The summed E-state index contributed by atoms with van der Waals surface area (Å²) in [5, 5.41) is 13.7. The number of hydrogen-bond acceptors (Lipinski definition) is 2. The standard InChI is InChI=1S/C26H24Cl2N2O2/c1-17-4-2-7-19(16-17)26(32)24(18-5-3-6-18)29(22-12-8-20(27)9-13-22)25(31)30(26)23-14-10-21(28)11-15-23/h2,4,7-16,18,24,32H,3,5-6H2,1H3. The van der Waals surface area contributed by atoms with Gasteiger partial charge < -0.3 is 5.11 Å². The first kappa shape index (κ1) is 21.3. The zero-order chi connectivity index (χ0) is 22.5. The molecule has 0 bridgehead atoms. The van der Waals surface area contributed by atoms with Crippen molar-refractivity contribution in [3.8, 4) is 0 Å². The van der Waals surface area contributed by atoms with E-state index in [0.717, 1.165) is 30.5 Å². The van der Waals surface area contributed by atoms with Crippen LogP contribution in [0.4, 0.5) is 16.2 Å². The smallest absolute Gasteiger partial charge is 0.332 e. The Morgan fingerprint density at radius 1 is 0.906 bits per heavy atom. The van der Waals surface area contributed by atoms with Crippen molar-refractivity contribution in [2.45, 2.75) is 38.0 Å². The van der Waals surface area contributed by atoms with Gasteiger partial charge in [-0.15, -0.1) is 0 Å². The van der Waals surface area contributed by atoms with E-state index in [9.17, 15) is 9.90 Å². The maximum absolute atomic E-state index is 14.0. The molecule has 2 fully saturated rings. The Bertz CT molecular complexity index is 1150. The number of nitrogens with zero attached hydrogens (tertiary/aromatic N) is 2. The van der Waals surface area contributed by atoms with Crippen molar-refractivity contribution in [1.29, 1.82) is 0 Å². The van der Waals surface area contributed by atoms with E-state index in [1.807, 2.05) is 43.3 Å². The van der Waals surface area contributed by atoms with E-state index >= 15 is 0 Å². The third kappa shape index (κ3) is 3.38. The highest BCUT2D eigenvalue weighted by Crippen LogP contribution is 2.51. The van der Waals surface area contributed by atoms with Crippen LogP contribution in [0, 0.1) is 12.8 Å². The van der Waals surface area contributed by atoms with Gasteiger partial charge in [0.2, 0.25) is 0 Å². The van der Waals surface area contributed by atoms with Gasteiger partial charge in [0.25, 0.3) is 0 Å². The first-order valence-electron chi connectivity index (χ1n) is 10.8. The second-order valence-corrected chi connectivity index (χ2v) is 9.55. The molecule has 3 aromatic rings. The molecule has 2 atom stereocenters. The summed E-state index contributed by atoms with van der Waals surface area (Å²) in [5.74, 6) is 0.178. The number of carbonyl (C=O) groups excluding carboxylic acids is 1. The second-order valence-electron chi connectivity index (χ2n) is 8.67. The number of urea groups is 1. The maximum atomic E-state index is 14.0. The summed E-state index contributed by atoms with van der Waals surface area (Å²) < 4.78 is 0. The molecule has 32 heavy (non-hydrogen) atoms. The number of halogens is 2. The van der Waals surface area contributed by atoms with Gasteiger partial charge in [-0.1, -0.05) is 59.5 Å². The topological polar surface area (TPSA) is 43.8 Å². The zero-order valence-electron chi connectivity index (χ0n) is 17.7. The minimum Gasteiger partial charge on any atom is -0.365 e. The molecular formula is C26H24Cl2N2O2. The largest absolute Gasteiger partial charge is 0.365 e. The molecule has 6 heteroatoms. The number of benzene rings is 3. The molecule has 0 aromatic heterocycles. The number of hydrogen-bond donors (Lipinski definition) is 1. The van der Waals surface area contributed by atoms with Gasteiger partial charge in [0.15, 0.2) is 5.72 Å². The van der Waals surface area contributed by atoms with E-state index in [1.165, 1.54) is 4.90 Å². The summed E-state index contributed by atoms with van der Waals surface area (Å²) in [6, 6.07) is 21.4. The van der Waals surface area contributed by atoms with E-state index in [-0.39, 0.29) is 11.9 Å². The van der Waals surface area contributed by atoms with Crippen LogP contribution in [0.3, 0.4) is 0 Å². The van der Waals surface area contributed by atoms with Crippen molar-refractivity contribution in [2.24, 2.45) is 5.92 Å². The van der Waals surface area contributed by atoms with Crippen molar-refractivity contribution in [3.05, 3.63) is 94.0 Å². The molecule has 0 spiro atoms. The van der Waals surface area contributed by atoms with Crippen LogP contribution in [-0.2, 0) is 5.72 Å². The second kappa shape index (κ2) is 8.11. The molecule has 1 saturated carbocycles. The van der Waals surface area contributed by atoms with E-state index < -0.39 is 11.8 Å². The molecule has 4 nitrogen and oxygen atoms in total. The van der Waals surface area contributed by atoms with Gasteiger partial charge in [0.1, 0.15) is 0 Å². The molecular weight excluding hydrogens is 443 g/mol. The van der Waals surface area contributed by atoms with Crippen LogP contribution in [0.5, 0.6) is 0 Å². The number of anilines is 2. The molecule has 1 aliphatic carbocycles. The first-order chi connectivity index (χ1) is 15.4. The highest BCUT2D eigenvalue weighted by molar-refractivity contribution is 6.31. The summed E-state index contributed by atoms with van der Waals surface area (Å²) in [5.41, 5.74) is 1.51. The summed E-state index contributed by atoms with van der Waals surface area (Å²) >= 11 is 12.2. The van der Waals surface area contributed by atoms with Crippen molar-refractivity contribution >= 4 is 40.6 Å². The third-order valence-electron chi connectivity index (χ3n) is 6.66. The average Bonchev–Trinajstić information content (AvgIpc) is 2.96. The quantitative estimate of drug-likeness (QED) is 0.461. The maximum Gasteiger partial charge on any atom is 0.332 e. The fourth-order valence-corrected chi connectivity index (χ4v) is 5.18. The predicted octanol–water partition coefficient (Wildman–Crippen LogP) is 6.76. The number of carbonyl (C=O) groups is 1. The molecule has 1 heterocycles. The number of aryl methyl sites for hydroxylation is 1. The SMILES string of the molecule is Cc1cccc(C2(O)C(C3CCC3)N(c3ccc(Cl)cc3)C(=O)N2c2ccc(Cl)cc2)c1. The van der Waals surface area contributed by atoms with Crippen molar-refractivity contribution in [1.82, 2.24) is 0 Å². The molecule has 2 amide bonds. The highest BCUT2D eigenvalue weighted by atomic mass is 35.5. The van der Waals surface area contributed by atoms with Gasteiger partial charge in [-0.2, -0.15) is 0 Å². The van der Waals surface area contributed by atoms with Crippen molar-refractivity contribution in [3.63, 3.8) is 0 Å². The van der Waals surface area contributed by atoms with Crippen LogP contribution in [0.25, 0.3) is 0 Å². The van der Waals surface area contributed by atoms with Crippen LogP contribution in [0.15, 0.2) is 72.8 Å². The molecule has 1 N–H and O–H groups in total. The molecule has 164 valence electrons. The van der Waals surface area contributed by atoms with E-state index in [4.69, 9.17) is 23.2 Å². The fraction of sp³-hybridized carbons (Fsp3) is 0.269. The van der Waals surface area contributed by atoms with E-state index in [2.05, 4.69) is 0 Å². The molecule has 0 radical (unpaired) electrons. The zero-order valence-corrected chi connectivity index (χ0v) is 19.2. The Hall–Kier alpha value is -2.53. The monoisotopic (exact) mass is 466 g/mol. The Labute approximate surface area is 198 Å². The molecule has 2 unspecified atom stereocenters. The Morgan fingerprint density at radius 3 is 2.03 bits per heavy atom. The lowest BCUT2D eigenvalue weighted by Crippen LogP contribution is -2.54. The lowest BCUT2D eigenvalue weighted by atomic mass is 9.73. The molecule has 3 aromatic carbocycles. The van der Waals surface area contributed by atoms with Gasteiger partial charge in [-0.05, 0) is 74.2 Å². The highest BCUT2D eigenvalue weighted by Gasteiger charge is 2.61. The Balaban J connectivity index is 1.74. The van der Waals surface area contributed by atoms with Gasteiger partial charge in [-0.3, -0.25) is 9.80 Å². The molecule has 5 rings (SSSR count). The van der Waals surface area contributed by atoms with Crippen LogP contribution >= 0.6 is 23.2 Å². The summed E-state index contributed by atoms with van der Waals surface area (Å²) in [4.78, 5) is 17.3. The minimum atomic E-state index is -1.54. The lowest BCUT2D eigenvalue weighted by Gasteiger charge is -2.44. The van der Waals surface area contributed by atoms with Gasteiger partial charge >= 0.3 is 6.03 Å². The van der Waals surface area contributed by atoms with Crippen molar-refractivity contribution in [2.75, 3.05) is 9.80 Å². The summed E-state index contributed by atoms with van der Waals surface area (Å²) in [7, 11) is 0.